The van der Waals surface area contributed by atoms with E-state index in [0.29, 0.717) is 5.82 Å². The summed E-state index contributed by atoms with van der Waals surface area (Å²) in [6.45, 7) is 5.05. The van der Waals surface area contributed by atoms with Gasteiger partial charge in [0.05, 0.1) is 6.04 Å². The zero-order chi connectivity index (χ0) is 21.1. The van der Waals surface area contributed by atoms with E-state index in [0.717, 1.165) is 47.4 Å². The summed E-state index contributed by atoms with van der Waals surface area (Å²) >= 11 is 0. The number of pyridine rings is 1. The van der Waals surface area contributed by atoms with E-state index in [-0.39, 0.29) is 24.4 Å². The molecule has 1 fully saturated rings. The van der Waals surface area contributed by atoms with Gasteiger partial charge >= 0.3 is 0 Å². The molecule has 1 saturated heterocycles. The third-order valence-corrected chi connectivity index (χ3v) is 5.96. The van der Waals surface area contributed by atoms with Gasteiger partial charge in [-0.1, -0.05) is 18.2 Å². The minimum Gasteiger partial charge on any atom is -0.383 e. The minimum absolute atomic E-state index is 0. The van der Waals surface area contributed by atoms with Crippen LogP contribution in [0.1, 0.15) is 42.6 Å². The van der Waals surface area contributed by atoms with Crippen LogP contribution in [0.4, 0.5) is 5.82 Å². The van der Waals surface area contributed by atoms with Crippen LogP contribution in [0.15, 0.2) is 48.7 Å². The fourth-order valence-electron chi connectivity index (χ4n) is 3.94. The van der Waals surface area contributed by atoms with Crippen molar-refractivity contribution in [2.24, 2.45) is 0 Å². The van der Waals surface area contributed by atoms with Crippen molar-refractivity contribution < 1.29 is 4.79 Å². The molecule has 1 atom stereocenters. The second-order valence-electron chi connectivity index (χ2n) is 8.07. The molecule has 31 heavy (non-hydrogen) atoms. The summed E-state index contributed by atoms with van der Waals surface area (Å²) in [5.74, 6) is 0.508. The number of amides is 1. The maximum absolute atomic E-state index is 12.7. The lowest BCUT2D eigenvalue weighted by Gasteiger charge is -2.22. The molecule has 3 aromatic rings. The number of nitrogens with zero attached hydrogens (tertiary/aromatic N) is 3. The van der Waals surface area contributed by atoms with Gasteiger partial charge in [-0.05, 0) is 68.1 Å². The van der Waals surface area contributed by atoms with Crippen molar-refractivity contribution in [3.8, 4) is 0 Å². The van der Waals surface area contributed by atoms with Crippen molar-refractivity contribution >= 4 is 41.1 Å². The Kier molecular flexibility index (Phi) is 7.36. The molecule has 4 rings (SSSR count). The van der Waals surface area contributed by atoms with Crippen molar-refractivity contribution in [1.82, 2.24) is 19.8 Å². The van der Waals surface area contributed by atoms with E-state index in [9.17, 15) is 4.79 Å². The van der Waals surface area contributed by atoms with Gasteiger partial charge in [-0.2, -0.15) is 0 Å². The fourth-order valence-corrected chi connectivity index (χ4v) is 3.94. The zero-order valence-corrected chi connectivity index (χ0v) is 18.9. The van der Waals surface area contributed by atoms with Crippen LogP contribution >= 0.6 is 12.4 Å². The van der Waals surface area contributed by atoms with Crippen LogP contribution < -0.4 is 5.73 Å². The number of benzene rings is 1. The van der Waals surface area contributed by atoms with Gasteiger partial charge in [0.1, 0.15) is 5.82 Å². The van der Waals surface area contributed by atoms with Crippen LogP contribution in [0.5, 0.6) is 0 Å². The number of para-hydroxylation sites is 1. The predicted molar refractivity (Wildman–Crippen MR) is 129 cm³/mol. The molecule has 0 radical (unpaired) electrons. The summed E-state index contributed by atoms with van der Waals surface area (Å²) in [4.78, 5) is 24.6. The first kappa shape index (κ1) is 22.8. The molecule has 6 nitrogen and oxygen atoms in total. The predicted octanol–water partition coefficient (Wildman–Crippen LogP) is 4.40. The van der Waals surface area contributed by atoms with Crippen LogP contribution in [0.3, 0.4) is 0 Å². The Morgan fingerprint density at radius 3 is 2.77 bits per heavy atom. The summed E-state index contributed by atoms with van der Waals surface area (Å²) in [5, 5.41) is 1.15. The van der Waals surface area contributed by atoms with Crippen LogP contribution in [-0.4, -0.2) is 45.8 Å². The summed E-state index contributed by atoms with van der Waals surface area (Å²) in [6, 6.07) is 12.2. The molecule has 7 heteroatoms. The van der Waals surface area contributed by atoms with Gasteiger partial charge in [0.25, 0.3) is 0 Å². The smallest absolute Gasteiger partial charge is 0.246 e. The molecule has 0 spiro atoms. The van der Waals surface area contributed by atoms with Crippen LogP contribution in [-0.2, 0) is 11.3 Å². The van der Waals surface area contributed by atoms with E-state index < -0.39 is 0 Å². The average Bonchev–Trinajstić information content (AvgIpc) is 3.42. The summed E-state index contributed by atoms with van der Waals surface area (Å²) < 4.78 is 0. The monoisotopic (exact) mass is 439 g/mol. The fraction of sp³-hybridized carbons (Fsp3) is 0.333. The van der Waals surface area contributed by atoms with Crippen LogP contribution in [0, 0.1) is 0 Å². The number of nitrogen functional groups attached to an aromatic ring is 1. The lowest BCUT2D eigenvalue weighted by atomic mass is 10.1. The Bertz CT molecular complexity index is 1040. The molecule has 3 heterocycles. The molecule has 1 unspecified atom stereocenters. The molecule has 1 aliphatic heterocycles. The maximum Gasteiger partial charge on any atom is 0.246 e. The van der Waals surface area contributed by atoms with Crippen LogP contribution in [0.25, 0.3) is 17.0 Å². The first-order valence-corrected chi connectivity index (χ1v) is 10.5. The summed E-state index contributed by atoms with van der Waals surface area (Å²) in [6.07, 6.45) is 7.61. The van der Waals surface area contributed by atoms with Crippen molar-refractivity contribution in [3.63, 3.8) is 0 Å². The number of fused-ring (bicyclic) bond motifs is 1. The number of hydrogen-bond donors (Lipinski definition) is 2. The number of hydrogen-bond acceptors (Lipinski definition) is 4. The van der Waals surface area contributed by atoms with Crippen molar-refractivity contribution in [1.29, 1.82) is 0 Å². The van der Waals surface area contributed by atoms with Gasteiger partial charge < -0.3 is 15.6 Å². The van der Waals surface area contributed by atoms with Crippen LogP contribution in [0.2, 0.25) is 0 Å². The lowest BCUT2D eigenvalue weighted by molar-refractivity contribution is -0.126. The summed E-state index contributed by atoms with van der Waals surface area (Å²) in [5.41, 5.74) is 10.1. The quantitative estimate of drug-likeness (QED) is 0.558. The highest BCUT2D eigenvalue weighted by molar-refractivity contribution is 5.92. The molecule has 0 bridgehead atoms. The third-order valence-electron chi connectivity index (χ3n) is 5.96. The third kappa shape index (κ3) is 5.27. The first-order valence-electron chi connectivity index (χ1n) is 10.5. The number of likely N-dealkylation sites (tertiary alicyclic amines) is 1. The molecule has 0 saturated carbocycles. The number of H-pyrrole nitrogens is 1. The van der Waals surface area contributed by atoms with Gasteiger partial charge in [0.15, 0.2) is 0 Å². The number of carbonyl (C=O) groups is 1. The lowest BCUT2D eigenvalue weighted by Crippen LogP contribution is -2.28. The molecule has 1 amide bonds. The number of rotatable bonds is 6. The highest BCUT2D eigenvalue weighted by Crippen LogP contribution is 2.24. The number of halogens is 1. The highest BCUT2D eigenvalue weighted by Gasteiger charge is 2.18. The second-order valence-corrected chi connectivity index (χ2v) is 8.07. The molecule has 0 aliphatic carbocycles. The zero-order valence-electron chi connectivity index (χ0n) is 18.0. The summed E-state index contributed by atoms with van der Waals surface area (Å²) in [7, 11) is 1.82. The van der Waals surface area contributed by atoms with E-state index in [1.165, 1.54) is 12.8 Å². The standard InChI is InChI=1S/C24H29N5O.ClH/c1-17(22-14-19-7-3-4-8-21(19)27-22)28(2)23(30)10-9-18-13-20(24(25)26-15-18)16-29-11-5-6-12-29;/h3-4,7-10,13-15,17,27H,5-6,11-12,16H2,1-2H3,(H2,25,26);1H. The Labute approximate surface area is 189 Å². The van der Waals surface area contributed by atoms with E-state index >= 15 is 0 Å². The second kappa shape index (κ2) is 9.98. The number of aromatic nitrogens is 2. The number of nitrogens with one attached hydrogen (secondary N) is 1. The molecule has 164 valence electrons. The van der Waals surface area contributed by atoms with Crippen molar-refractivity contribution in [2.45, 2.75) is 32.4 Å². The normalized spacial score (nSPS) is 15.3. The molecule has 1 aromatic carbocycles. The number of likely N-dealkylation sites (N-methyl/N-ethyl adjacent to an activating group) is 1. The van der Waals surface area contributed by atoms with Gasteiger partial charge in [0, 0.05) is 42.6 Å². The Balaban J connectivity index is 0.00000272. The minimum atomic E-state index is -0.0650. The Morgan fingerprint density at radius 1 is 1.29 bits per heavy atom. The molecule has 2 aromatic heterocycles. The Morgan fingerprint density at radius 2 is 2.03 bits per heavy atom. The molecular formula is C24H30ClN5O. The Hall–Kier alpha value is -2.83. The van der Waals surface area contributed by atoms with Crippen molar-refractivity contribution in [2.75, 3.05) is 25.9 Å². The highest BCUT2D eigenvalue weighted by atomic mass is 35.5. The van der Waals surface area contributed by atoms with E-state index in [2.05, 4.69) is 27.0 Å². The van der Waals surface area contributed by atoms with Crippen molar-refractivity contribution in [3.05, 3.63) is 65.5 Å². The number of aromatic amines is 1. The van der Waals surface area contributed by atoms with Gasteiger partial charge in [-0.25, -0.2) is 4.98 Å². The van der Waals surface area contributed by atoms with E-state index in [1.807, 2.05) is 44.3 Å². The van der Waals surface area contributed by atoms with E-state index in [4.69, 9.17) is 5.73 Å². The maximum atomic E-state index is 12.7. The molecular weight excluding hydrogens is 410 g/mol. The van der Waals surface area contributed by atoms with E-state index in [1.54, 1.807) is 17.2 Å². The largest absolute Gasteiger partial charge is 0.383 e. The number of anilines is 1. The number of nitrogens with two attached hydrogens (primary N) is 1. The van der Waals surface area contributed by atoms with Gasteiger partial charge in [-0.3, -0.25) is 9.69 Å². The van der Waals surface area contributed by atoms with Gasteiger partial charge in [-0.15, -0.1) is 12.4 Å². The first-order chi connectivity index (χ1) is 14.5. The van der Waals surface area contributed by atoms with Gasteiger partial charge in [0.2, 0.25) is 5.91 Å². The molecule has 1 aliphatic rings. The topological polar surface area (TPSA) is 78.2 Å². The number of carbonyl (C=O) groups excluding carboxylic acids is 1. The average molecular weight is 440 g/mol. The SMILES string of the molecule is CC(c1cc2ccccc2[nH]1)N(C)C(=O)C=Cc1cnc(N)c(CN2CCCC2)c1.Cl. The molecule has 3 N–H and O–H groups in total.